The summed E-state index contributed by atoms with van der Waals surface area (Å²) in [6, 6.07) is 26.5. The molecule has 0 bridgehead atoms. The summed E-state index contributed by atoms with van der Waals surface area (Å²) >= 11 is 1.51. The summed E-state index contributed by atoms with van der Waals surface area (Å²) in [5, 5.41) is 2.03. The number of hydrogen-bond acceptors (Lipinski definition) is 6. The minimum absolute atomic E-state index is 0.187. The summed E-state index contributed by atoms with van der Waals surface area (Å²) in [6.45, 7) is 2.28. The van der Waals surface area contributed by atoms with Crippen molar-refractivity contribution in [1.29, 1.82) is 0 Å². The van der Waals surface area contributed by atoms with Gasteiger partial charge in [-0.3, -0.25) is 4.79 Å². The Morgan fingerprint density at radius 1 is 0.944 bits per heavy atom. The number of nitrogens with zero attached hydrogens (tertiary/aromatic N) is 1. The van der Waals surface area contributed by atoms with Crippen molar-refractivity contribution in [3.63, 3.8) is 0 Å². The fourth-order valence-corrected chi connectivity index (χ4v) is 4.78. The Morgan fingerprint density at radius 3 is 2.33 bits per heavy atom. The molecule has 1 N–H and O–H groups in total. The number of hydrogen-bond donors (Lipinski definition) is 1. The summed E-state index contributed by atoms with van der Waals surface area (Å²) in [5.74, 6) is 0.232. The number of nitrogens with one attached hydrogen (secondary N) is 1. The lowest BCUT2D eigenvalue weighted by molar-refractivity contribution is -0.140. The third-order valence-corrected chi connectivity index (χ3v) is 6.90. The van der Waals surface area contributed by atoms with Gasteiger partial charge in [0.2, 0.25) is 0 Å². The van der Waals surface area contributed by atoms with Crippen LogP contribution < -0.4 is 14.4 Å². The molecule has 4 aromatic rings. The Bertz CT molecular complexity index is 1330. The minimum Gasteiger partial charge on any atom is -0.497 e. The van der Waals surface area contributed by atoms with E-state index in [4.69, 9.17) is 9.47 Å². The van der Waals surface area contributed by atoms with Crippen molar-refractivity contribution in [3.05, 3.63) is 96.3 Å². The van der Waals surface area contributed by atoms with Crippen LogP contribution in [0.25, 0.3) is 10.8 Å². The van der Waals surface area contributed by atoms with Crippen LogP contribution in [0.3, 0.4) is 0 Å². The highest BCUT2D eigenvalue weighted by atomic mass is 32.2. The summed E-state index contributed by atoms with van der Waals surface area (Å²) in [6.07, 6.45) is 0.187. The normalized spacial score (nSPS) is 11.7. The van der Waals surface area contributed by atoms with Crippen molar-refractivity contribution < 1.29 is 18.7 Å². The van der Waals surface area contributed by atoms with Gasteiger partial charge >= 0.3 is 5.97 Å². The fourth-order valence-electron chi connectivity index (χ4n) is 4.10. The number of ether oxygens (including phenoxy) is 2. The quantitative estimate of drug-likeness (QED) is 0.184. The first-order valence-electron chi connectivity index (χ1n) is 11.7. The molecule has 0 saturated heterocycles. The number of benzene rings is 4. The third-order valence-electron chi connectivity index (χ3n) is 6.07. The van der Waals surface area contributed by atoms with Gasteiger partial charge in [0.25, 0.3) is 0 Å². The molecule has 5 nitrogen and oxygen atoms in total. The Kier molecular flexibility index (Phi) is 8.33. The zero-order valence-corrected chi connectivity index (χ0v) is 21.3. The number of fused-ring (bicyclic) bond motifs is 1. The average molecular weight is 505 g/mol. The Hall–Kier alpha value is -3.71. The second kappa shape index (κ2) is 11.8. The van der Waals surface area contributed by atoms with E-state index >= 15 is 0 Å². The van der Waals surface area contributed by atoms with E-state index in [0.717, 1.165) is 32.8 Å². The second-order valence-electron chi connectivity index (χ2n) is 8.41. The van der Waals surface area contributed by atoms with Gasteiger partial charge in [-0.25, -0.2) is 4.39 Å². The predicted octanol–water partition coefficient (Wildman–Crippen LogP) is 7.06. The van der Waals surface area contributed by atoms with E-state index in [2.05, 4.69) is 15.7 Å². The summed E-state index contributed by atoms with van der Waals surface area (Å²) < 4.78 is 28.2. The van der Waals surface area contributed by atoms with Gasteiger partial charge in [0.1, 0.15) is 11.6 Å². The molecule has 0 aliphatic rings. The molecule has 7 heteroatoms. The fraction of sp³-hybridized carbons (Fsp3) is 0.207. The van der Waals surface area contributed by atoms with E-state index in [0.29, 0.717) is 12.1 Å². The molecule has 0 amide bonds. The number of carbonyl (C=O) groups excluding carboxylic acids is 1. The van der Waals surface area contributed by atoms with Gasteiger partial charge in [-0.05, 0) is 61.3 Å². The van der Waals surface area contributed by atoms with E-state index < -0.39 is 0 Å². The van der Waals surface area contributed by atoms with Crippen LogP contribution in [0, 0.1) is 5.82 Å². The molecule has 0 spiro atoms. The maximum absolute atomic E-state index is 14.6. The molecule has 0 fully saturated rings. The molecule has 0 aliphatic heterocycles. The molecule has 36 heavy (non-hydrogen) atoms. The zero-order chi connectivity index (χ0) is 25.5. The van der Waals surface area contributed by atoms with Crippen molar-refractivity contribution >= 4 is 40.1 Å². The molecule has 0 unspecified atom stereocenters. The highest BCUT2D eigenvalue weighted by Crippen LogP contribution is 2.36. The number of halogens is 1. The van der Waals surface area contributed by atoms with Crippen LogP contribution in [-0.2, 0) is 16.1 Å². The van der Waals surface area contributed by atoms with Crippen LogP contribution in [0.1, 0.15) is 18.9 Å². The van der Waals surface area contributed by atoms with Gasteiger partial charge in [-0.2, -0.15) is 0 Å². The first kappa shape index (κ1) is 25.4. The van der Waals surface area contributed by atoms with Crippen molar-refractivity contribution in [2.75, 3.05) is 23.8 Å². The largest absolute Gasteiger partial charge is 0.497 e. The predicted molar refractivity (Wildman–Crippen MR) is 145 cm³/mol. The monoisotopic (exact) mass is 504 g/mol. The van der Waals surface area contributed by atoms with Crippen LogP contribution >= 0.6 is 11.9 Å². The van der Waals surface area contributed by atoms with Gasteiger partial charge in [0.15, 0.2) is 0 Å². The lowest BCUT2D eigenvalue weighted by Gasteiger charge is -2.32. The van der Waals surface area contributed by atoms with Gasteiger partial charge in [0.05, 0.1) is 26.3 Å². The number of carbonyl (C=O) groups is 1. The minimum atomic E-state index is -0.306. The summed E-state index contributed by atoms with van der Waals surface area (Å²) in [5.41, 5.74) is 2.45. The van der Waals surface area contributed by atoms with Crippen molar-refractivity contribution in [2.45, 2.75) is 30.8 Å². The van der Waals surface area contributed by atoms with Crippen molar-refractivity contribution in [2.24, 2.45) is 0 Å². The SMILES string of the molecule is COC(=O)C[C@H](C)N(Cc1ccccc1F)c1ccc(NSc2ccc(OC)cc2)c2ccccc12. The smallest absolute Gasteiger partial charge is 0.307 e. The van der Waals surface area contributed by atoms with E-state index in [1.54, 1.807) is 19.2 Å². The molecule has 4 aromatic carbocycles. The van der Waals surface area contributed by atoms with Crippen molar-refractivity contribution in [3.8, 4) is 5.75 Å². The van der Waals surface area contributed by atoms with Crippen LogP contribution in [0.5, 0.6) is 5.75 Å². The second-order valence-corrected chi connectivity index (χ2v) is 9.29. The molecule has 186 valence electrons. The summed E-state index contributed by atoms with van der Waals surface area (Å²) in [4.78, 5) is 15.2. The summed E-state index contributed by atoms with van der Waals surface area (Å²) in [7, 11) is 3.03. The first-order chi connectivity index (χ1) is 17.5. The number of methoxy groups -OCH3 is 2. The molecule has 0 radical (unpaired) electrons. The number of esters is 1. The zero-order valence-electron chi connectivity index (χ0n) is 20.5. The molecule has 0 heterocycles. The standard InChI is InChI=1S/C29H29FN2O3S/c1-20(18-29(33)35-3)32(19-21-8-4-7-11-26(21)30)28-17-16-27(24-9-5-6-10-25(24)28)31-36-23-14-12-22(34-2)13-15-23/h4-17,20,31H,18-19H2,1-3H3/t20-/m0/s1. The first-order valence-corrected chi connectivity index (χ1v) is 12.5. The van der Waals surface area contributed by atoms with Gasteiger partial charge in [-0.15, -0.1) is 0 Å². The van der Waals surface area contributed by atoms with Crippen molar-refractivity contribution in [1.82, 2.24) is 0 Å². The van der Waals surface area contributed by atoms with Crippen LogP contribution in [0.2, 0.25) is 0 Å². The van der Waals surface area contributed by atoms with Gasteiger partial charge in [-0.1, -0.05) is 42.5 Å². The van der Waals surface area contributed by atoms with Crippen LogP contribution in [0.15, 0.2) is 89.8 Å². The third kappa shape index (κ3) is 5.91. The van der Waals surface area contributed by atoms with E-state index in [1.807, 2.05) is 67.6 Å². The molecule has 1 atom stereocenters. The van der Waals surface area contributed by atoms with Crippen LogP contribution in [-0.4, -0.2) is 26.2 Å². The van der Waals surface area contributed by atoms with E-state index in [9.17, 15) is 9.18 Å². The lowest BCUT2D eigenvalue weighted by Crippen LogP contribution is -2.35. The topological polar surface area (TPSA) is 50.8 Å². The average Bonchev–Trinajstić information content (AvgIpc) is 2.91. The Balaban J connectivity index is 1.68. The number of rotatable bonds is 10. The molecule has 0 saturated carbocycles. The lowest BCUT2D eigenvalue weighted by atomic mass is 10.0. The molecular weight excluding hydrogens is 475 g/mol. The van der Waals surface area contributed by atoms with E-state index in [1.165, 1.54) is 25.1 Å². The van der Waals surface area contributed by atoms with Crippen LogP contribution in [0.4, 0.5) is 15.8 Å². The highest BCUT2D eigenvalue weighted by molar-refractivity contribution is 8.00. The van der Waals surface area contributed by atoms with Gasteiger partial charge in [0, 0.05) is 39.5 Å². The molecule has 0 aromatic heterocycles. The number of anilines is 2. The molecular formula is C29H29FN2O3S. The van der Waals surface area contributed by atoms with E-state index in [-0.39, 0.29) is 24.2 Å². The molecule has 4 rings (SSSR count). The maximum Gasteiger partial charge on any atom is 0.307 e. The Labute approximate surface area is 215 Å². The maximum atomic E-state index is 14.6. The highest BCUT2D eigenvalue weighted by Gasteiger charge is 2.22. The van der Waals surface area contributed by atoms with Gasteiger partial charge < -0.3 is 19.1 Å². The Morgan fingerprint density at radius 2 is 1.64 bits per heavy atom. The molecule has 0 aliphatic carbocycles.